The van der Waals surface area contributed by atoms with Gasteiger partial charge in [0, 0.05) is 16.6 Å². The molecule has 2 amide bonds. The molecule has 0 radical (unpaired) electrons. The number of hydrogen-bond acceptors (Lipinski definition) is 1. The number of carbonyl (C=O) groups is 1. The van der Waals surface area contributed by atoms with Crippen molar-refractivity contribution >= 4 is 6.03 Å². The van der Waals surface area contributed by atoms with E-state index in [2.05, 4.69) is 22.3 Å². The van der Waals surface area contributed by atoms with Gasteiger partial charge in [0.2, 0.25) is 0 Å². The monoisotopic (exact) mass is 212 g/mol. The Morgan fingerprint density at radius 1 is 1.20 bits per heavy atom. The highest BCUT2D eigenvalue weighted by atomic mass is 16.2. The lowest BCUT2D eigenvalue weighted by molar-refractivity contribution is 0.248. The van der Waals surface area contributed by atoms with Crippen molar-refractivity contribution in [3.63, 3.8) is 0 Å². The second-order valence-corrected chi connectivity index (χ2v) is 3.54. The van der Waals surface area contributed by atoms with E-state index in [1.54, 1.807) is 0 Å². The standard InChI is InChI=1S/C10H20N4O/c1-2-3-4-5-6-7-8-9-12-10(15)13-14-11/h2-9H2,1H3,(H,12,15). The summed E-state index contributed by atoms with van der Waals surface area (Å²) in [6.07, 6.45) is 8.46. The number of rotatable bonds is 8. The van der Waals surface area contributed by atoms with Crippen molar-refractivity contribution in [3.8, 4) is 0 Å². The van der Waals surface area contributed by atoms with E-state index in [9.17, 15) is 4.79 Å². The number of nitrogens with zero attached hydrogens (tertiary/aromatic N) is 3. The zero-order chi connectivity index (χ0) is 11.4. The lowest BCUT2D eigenvalue weighted by atomic mass is 10.1. The van der Waals surface area contributed by atoms with Crippen molar-refractivity contribution in [1.29, 1.82) is 0 Å². The Bertz CT molecular complexity index is 211. The third-order valence-electron chi connectivity index (χ3n) is 2.19. The van der Waals surface area contributed by atoms with Gasteiger partial charge in [-0.25, -0.2) is 0 Å². The fourth-order valence-electron chi connectivity index (χ4n) is 1.35. The number of unbranched alkanes of at least 4 members (excludes halogenated alkanes) is 6. The third kappa shape index (κ3) is 10.7. The smallest absolute Gasteiger partial charge is 0.308 e. The Hall–Kier alpha value is -1.22. The Morgan fingerprint density at radius 2 is 1.80 bits per heavy atom. The molecular formula is C10H20N4O. The molecule has 0 bridgehead atoms. The molecule has 0 aromatic heterocycles. The third-order valence-corrected chi connectivity index (χ3v) is 2.19. The molecule has 0 aliphatic heterocycles. The van der Waals surface area contributed by atoms with Gasteiger partial charge in [0.05, 0.1) is 0 Å². The summed E-state index contributed by atoms with van der Waals surface area (Å²) in [7, 11) is 0. The molecule has 0 fully saturated rings. The zero-order valence-electron chi connectivity index (χ0n) is 9.41. The van der Waals surface area contributed by atoms with Crippen LogP contribution in [0.3, 0.4) is 0 Å². The molecule has 86 valence electrons. The van der Waals surface area contributed by atoms with Crippen molar-refractivity contribution in [3.05, 3.63) is 10.4 Å². The SMILES string of the molecule is CCCCCCCCCNC(=O)N=[N+]=[N-]. The molecule has 0 rings (SSSR count). The highest BCUT2D eigenvalue weighted by Crippen LogP contribution is 2.06. The maximum Gasteiger partial charge on any atom is 0.308 e. The van der Waals surface area contributed by atoms with E-state index in [0.29, 0.717) is 6.54 Å². The minimum Gasteiger partial charge on any atom is -0.351 e. The molecule has 0 spiro atoms. The van der Waals surface area contributed by atoms with Crippen LogP contribution in [0, 0.1) is 0 Å². The lowest BCUT2D eigenvalue weighted by Gasteiger charge is -2.01. The second kappa shape index (κ2) is 10.9. The summed E-state index contributed by atoms with van der Waals surface area (Å²) in [6, 6.07) is -0.580. The van der Waals surface area contributed by atoms with Crippen LogP contribution in [0.5, 0.6) is 0 Å². The molecule has 0 heterocycles. The van der Waals surface area contributed by atoms with Gasteiger partial charge in [-0.05, 0) is 12.0 Å². The number of carbonyl (C=O) groups excluding carboxylic acids is 1. The van der Waals surface area contributed by atoms with Gasteiger partial charge in [0.25, 0.3) is 0 Å². The summed E-state index contributed by atoms with van der Waals surface area (Å²) in [5.41, 5.74) is 7.96. The molecule has 0 saturated heterocycles. The molecule has 0 aliphatic carbocycles. The maximum absolute atomic E-state index is 10.7. The fourth-order valence-corrected chi connectivity index (χ4v) is 1.35. The van der Waals surface area contributed by atoms with Crippen molar-refractivity contribution < 1.29 is 4.79 Å². The minimum atomic E-state index is -0.580. The Kier molecular flexibility index (Phi) is 9.98. The maximum atomic E-state index is 10.7. The first-order valence-electron chi connectivity index (χ1n) is 5.64. The van der Waals surface area contributed by atoms with Gasteiger partial charge in [-0.2, -0.15) is 0 Å². The largest absolute Gasteiger partial charge is 0.351 e. The summed E-state index contributed by atoms with van der Waals surface area (Å²) < 4.78 is 0. The van der Waals surface area contributed by atoms with Crippen LogP contribution < -0.4 is 5.32 Å². The fraction of sp³-hybridized carbons (Fsp3) is 0.900. The van der Waals surface area contributed by atoms with Crippen LogP contribution in [-0.4, -0.2) is 12.6 Å². The molecule has 0 saturated carbocycles. The van der Waals surface area contributed by atoms with E-state index in [0.717, 1.165) is 12.8 Å². The van der Waals surface area contributed by atoms with Gasteiger partial charge < -0.3 is 5.32 Å². The molecule has 0 aliphatic rings. The van der Waals surface area contributed by atoms with Crippen molar-refractivity contribution in [2.75, 3.05) is 6.54 Å². The topological polar surface area (TPSA) is 77.9 Å². The molecule has 0 unspecified atom stereocenters. The normalized spacial score (nSPS) is 9.40. The van der Waals surface area contributed by atoms with Crippen LogP contribution in [0.25, 0.3) is 10.4 Å². The van der Waals surface area contributed by atoms with E-state index in [4.69, 9.17) is 5.53 Å². The number of urea groups is 1. The second-order valence-electron chi connectivity index (χ2n) is 3.54. The van der Waals surface area contributed by atoms with E-state index < -0.39 is 6.03 Å². The minimum absolute atomic E-state index is 0.580. The first-order chi connectivity index (χ1) is 7.31. The molecule has 0 aromatic carbocycles. The van der Waals surface area contributed by atoms with Gasteiger partial charge in [0.15, 0.2) is 0 Å². The van der Waals surface area contributed by atoms with Gasteiger partial charge in [-0.3, -0.25) is 4.79 Å². The summed E-state index contributed by atoms with van der Waals surface area (Å²) >= 11 is 0. The predicted octanol–water partition coefficient (Wildman–Crippen LogP) is 3.76. The van der Waals surface area contributed by atoms with Gasteiger partial charge in [-0.15, -0.1) is 0 Å². The molecule has 1 N–H and O–H groups in total. The van der Waals surface area contributed by atoms with Gasteiger partial charge in [-0.1, -0.05) is 45.4 Å². The Balaban J connectivity index is 3.11. The summed E-state index contributed by atoms with van der Waals surface area (Å²) in [5.74, 6) is 0. The Labute approximate surface area is 90.9 Å². The van der Waals surface area contributed by atoms with E-state index >= 15 is 0 Å². The van der Waals surface area contributed by atoms with Crippen LogP contribution in [0.4, 0.5) is 4.79 Å². The van der Waals surface area contributed by atoms with Crippen LogP contribution in [0.15, 0.2) is 5.11 Å². The van der Waals surface area contributed by atoms with Crippen molar-refractivity contribution in [2.24, 2.45) is 5.11 Å². The van der Waals surface area contributed by atoms with Crippen molar-refractivity contribution in [1.82, 2.24) is 5.32 Å². The van der Waals surface area contributed by atoms with Crippen LogP contribution in [0.1, 0.15) is 51.9 Å². The molecule has 0 atom stereocenters. The quantitative estimate of drug-likeness (QED) is 0.283. The molecule has 0 aromatic rings. The average Bonchev–Trinajstić information content (AvgIpc) is 2.22. The molecular weight excluding hydrogens is 192 g/mol. The highest BCUT2D eigenvalue weighted by molar-refractivity contribution is 5.74. The number of nitrogens with one attached hydrogen (secondary N) is 1. The molecule has 5 nitrogen and oxygen atoms in total. The van der Waals surface area contributed by atoms with Gasteiger partial charge >= 0.3 is 6.03 Å². The summed E-state index contributed by atoms with van der Waals surface area (Å²) in [4.78, 5) is 13.1. The van der Waals surface area contributed by atoms with Gasteiger partial charge in [0.1, 0.15) is 0 Å². The summed E-state index contributed by atoms with van der Waals surface area (Å²) in [5, 5.41) is 5.44. The van der Waals surface area contributed by atoms with Crippen molar-refractivity contribution in [2.45, 2.75) is 51.9 Å². The number of amides is 2. The van der Waals surface area contributed by atoms with E-state index in [1.165, 1.54) is 32.1 Å². The highest BCUT2D eigenvalue weighted by Gasteiger charge is 1.94. The first-order valence-corrected chi connectivity index (χ1v) is 5.64. The summed E-state index contributed by atoms with van der Waals surface area (Å²) in [6.45, 7) is 2.80. The number of hydrogen-bond donors (Lipinski definition) is 1. The predicted molar refractivity (Wildman–Crippen MR) is 60.5 cm³/mol. The average molecular weight is 212 g/mol. The van der Waals surface area contributed by atoms with Crippen LogP contribution >= 0.6 is 0 Å². The molecule has 5 heteroatoms. The van der Waals surface area contributed by atoms with E-state index in [-0.39, 0.29) is 0 Å². The lowest BCUT2D eigenvalue weighted by Crippen LogP contribution is -2.20. The first kappa shape index (κ1) is 13.8. The Morgan fingerprint density at radius 3 is 2.40 bits per heavy atom. The van der Waals surface area contributed by atoms with Crippen LogP contribution in [-0.2, 0) is 0 Å². The van der Waals surface area contributed by atoms with Crippen LogP contribution in [0.2, 0.25) is 0 Å². The zero-order valence-corrected chi connectivity index (χ0v) is 9.41. The number of azide groups is 1. The van der Waals surface area contributed by atoms with E-state index in [1.807, 2.05) is 0 Å². The molecule has 15 heavy (non-hydrogen) atoms.